The lowest BCUT2D eigenvalue weighted by Gasteiger charge is -2.15. The summed E-state index contributed by atoms with van der Waals surface area (Å²) in [6, 6.07) is 7.53. The van der Waals surface area contributed by atoms with Crippen LogP contribution in [0.25, 0.3) is 0 Å². The number of ether oxygens (including phenoxy) is 1. The summed E-state index contributed by atoms with van der Waals surface area (Å²) in [5, 5.41) is 2.84. The highest BCUT2D eigenvalue weighted by Gasteiger charge is 2.06. The molecule has 3 N–H and O–H groups in total. The number of amides is 1. The molecular weight excluding hydrogens is 230 g/mol. The quantitative estimate of drug-likeness (QED) is 0.747. The number of carbonyl (C=O) groups excluding carboxylic acids is 1. The van der Waals surface area contributed by atoms with Crippen LogP contribution >= 0.6 is 0 Å². The first-order valence-electron chi connectivity index (χ1n) is 5.92. The maximum Gasteiger partial charge on any atom is 0.238 e. The van der Waals surface area contributed by atoms with Crippen LogP contribution in [0.1, 0.15) is 5.56 Å². The third-order valence-electron chi connectivity index (χ3n) is 2.56. The Morgan fingerprint density at radius 1 is 1.39 bits per heavy atom. The Labute approximate surface area is 108 Å². The molecule has 1 aromatic rings. The molecule has 0 unspecified atom stereocenters. The van der Waals surface area contributed by atoms with Crippen molar-refractivity contribution in [2.24, 2.45) is 5.73 Å². The number of hydrogen-bond donors (Lipinski definition) is 2. The van der Waals surface area contributed by atoms with Crippen molar-refractivity contribution in [2.45, 2.75) is 6.54 Å². The molecule has 0 heterocycles. The van der Waals surface area contributed by atoms with Crippen molar-refractivity contribution in [3.05, 3.63) is 29.8 Å². The second kappa shape index (κ2) is 7.81. The van der Waals surface area contributed by atoms with E-state index in [2.05, 4.69) is 5.32 Å². The van der Waals surface area contributed by atoms with E-state index in [1.165, 1.54) is 0 Å². The summed E-state index contributed by atoms with van der Waals surface area (Å²) >= 11 is 0. The molecule has 1 rings (SSSR count). The predicted octanol–water partition coefficient (Wildman–Crippen LogP) is 0.662. The number of anilines is 1. The molecule has 0 atom stereocenters. The summed E-state index contributed by atoms with van der Waals surface area (Å²) in [5.74, 6) is -0.0332. The fourth-order valence-electron chi connectivity index (χ4n) is 1.50. The van der Waals surface area contributed by atoms with Crippen molar-refractivity contribution in [1.82, 2.24) is 4.90 Å². The molecular formula is C13H21N3O2. The van der Waals surface area contributed by atoms with Gasteiger partial charge in [-0.25, -0.2) is 0 Å². The SMILES string of the molecule is COCCN(C)CC(=O)Nc1ccc(CN)cc1. The van der Waals surface area contributed by atoms with Gasteiger partial charge in [0.2, 0.25) is 5.91 Å². The van der Waals surface area contributed by atoms with E-state index in [-0.39, 0.29) is 5.91 Å². The number of nitrogens with two attached hydrogens (primary N) is 1. The Kier molecular flexibility index (Phi) is 6.35. The lowest BCUT2D eigenvalue weighted by atomic mass is 10.2. The summed E-state index contributed by atoms with van der Waals surface area (Å²) in [6.45, 7) is 2.21. The van der Waals surface area contributed by atoms with E-state index in [9.17, 15) is 4.79 Å². The zero-order chi connectivity index (χ0) is 13.4. The van der Waals surface area contributed by atoms with Gasteiger partial charge < -0.3 is 15.8 Å². The van der Waals surface area contributed by atoms with Crippen LogP contribution in [0.4, 0.5) is 5.69 Å². The van der Waals surface area contributed by atoms with Crippen molar-refractivity contribution >= 4 is 11.6 Å². The fraction of sp³-hybridized carbons (Fsp3) is 0.462. The molecule has 0 saturated carbocycles. The van der Waals surface area contributed by atoms with E-state index in [4.69, 9.17) is 10.5 Å². The highest BCUT2D eigenvalue weighted by atomic mass is 16.5. The maximum absolute atomic E-state index is 11.7. The van der Waals surface area contributed by atoms with Crippen LogP contribution in [0, 0.1) is 0 Å². The van der Waals surface area contributed by atoms with Crippen LogP contribution in [-0.4, -0.2) is 44.7 Å². The molecule has 0 fully saturated rings. The first kappa shape index (κ1) is 14.6. The van der Waals surface area contributed by atoms with Crippen molar-refractivity contribution < 1.29 is 9.53 Å². The lowest BCUT2D eigenvalue weighted by molar-refractivity contribution is -0.117. The Hall–Kier alpha value is -1.43. The molecule has 1 amide bonds. The van der Waals surface area contributed by atoms with Crippen LogP contribution in [0.15, 0.2) is 24.3 Å². The Balaban J connectivity index is 2.39. The monoisotopic (exact) mass is 251 g/mol. The molecule has 5 heteroatoms. The third-order valence-corrected chi connectivity index (χ3v) is 2.56. The molecule has 18 heavy (non-hydrogen) atoms. The molecule has 0 saturated heterocycles. The largest absolute Gasteiger partial charge is 0.383 e. The summed E-state index contributed by atoms with van der Waals surface area (Å²) in [6.07, 6.45) is 0. The molecule has 0 aliphatic rings. The second-order valence-electron chi connectivity index (χ2n) is 4.18. The van der Waals surface area contributed by atoms with Gasteiger partial charge >= 0.3 is 0 Å². The van der Waals surface area contributed by atoms with Crippen LogP contribution < -0.4 is 11.1 Å². The molecule has 0 aromatic heterocycles. The lowest BCUT2D eigenvalue weighted by Crippen LogP contribution is -2.32. The number of benzene rings is 1. The first-order chi connectivity index (χ1) is 8.65. The van der Waals surface area contributed by atoms with Crippen molar-refractivity contribution in [3.63, 3.8) is 0 Å². The highest BCUT2D eigenvalue weighted by molar-refractivity contribution is 5.92. The molecule has 0 aliphatic carbocycles. The molecule has 0 spiro atoms. The van der Waals surface area contributed by atoms with Gasteiger partial charge in [0.25, 0.3) is 0 Å². The van der Waals surface area contributed by atoms with E-state index in [1.807, 2.05) is 36.2 Å². The van der Waals surface area contributed by atoms with Gasteiger partial charge in [-0.15, -0.1) is 0 Å². The molecule has 5 nitrogen and oxygen atoms in total. The summed E-state index contributed by atoms with van der Waals surface area (Å²) in [5.41, 5.74) is 7.34. The minimum Gasteiger partial charge on any atom is -0.383 e. The summed E-state index contributed by atoms with van der Waals surface area (Å²) in [7, 11) is 3.53. The zero-order valence-corrected chi connectivity index (χ0v) is 11.0. The van der Waals surface area contributed by atoms with Crippen molar-refractivity contribution in [1.29, 1.82) is 0 Å². The zero-order valence-electron chi connectivity index (χ0n) is 11.0. The van der Waals surface area contributed by atoms with Gasteiger partial charge in [0, 0.05) is 25.9 Å². The van der Waals surface area contributed by atoms with Gasteiger partial charge in [0.15, 0.2) is 0 Å². The maximum atomic E-state index is 11.7. The molecule has 100 valence electrons. The highest BCUT2D eigenvalue weighted by Crippen LogP contribution is 2.08. The van der Waals surface area contributed by atoms with E-state index in [0.717, 1.165) is 17.8 Å². The van der Waals surface area contributed by atoms with Gasteiger partial charge in [0.1, 0.15) is 0 Å². The predicted molar refractivity (Wildman–Crippen MR) is 72.3 cm³/mol. The Bertz CT molecular complexity index is 365. The van der Waals surface area contributed by atoms with Crippen LogP contribution in [-0.2, 0) is 16.1 Å². The average Bonchev–Trinajstić information content (AvgIpc) is 2.37. The third kappa shape index (κ3) is 5.27. The number of hydrogen-bond acceptors (Lipinski definition) is 4. The van der Waals surface area contributed by atoms with Crippen LogP contribution in [0.2, 0.25) is 0 Å². The Morgan fingerprint density at radius 3 is 2.61 bits per heavy atom. The van der Waals surface area contributed by atoms with Gasteiger partial charge in [0.05, 0.1) is 13.2 Å². The first-order valence-corrected chi connectivity index (χ1v) is 5.92. The number of rotatable bonds is 7. The minimum absolute atomic E-state index is 0.0332. The number of carbonyl (C=O) groups is 1. The van der Waals surface area contributed by atoms with Gasteiger partial charge in [-0.1, -0.05) is 12.1 Å². The smallest absolute Gasteiger partial charge is 0.238 e. The van der Waals surface area contributed by atoms with E-state index in [0.29, 0.717) is 19.7 Å². The number of likely N-dealkylation sites (N-methyl/N-ethyl adjacent to an activating group) is 1. The number of methoxy groups -OCH3 is 1. The second-order valence-corrected chi connectivity index (χ2v) is 4.18. The van der Waals surface area contributed by atoms with Gasteiger partial charge in [-0.2, -0.15) is 0 Å². The number of nitrogens with one attached hydrogen (secondary N) is 1. The molecule has 1 aromatic carbocycles. The van der Waals surface area contributed by atoms with E-state index >= 15 is 0 Å². The van der Waals surface area contributed by atoms with E-state index < -0.39 is 0 Å². The van der Waals surface area contributed by atoms with Gasteiger partial charge in [-0.05, 0) is 24.7 Å². The molecule has 0 radical (unpaired) electrons. The van der Waals surface area contributed by atoms with E-state index in [1.54, 1.807) is 7.11 Å². The topological polar surface area (TPSA) is 67.6 Å². The minimum atomic E-state index is -0.0332. The molecule has 0 bridgehead atoms. The summed E-state index contributed by atoms with van der Waals surface area (Å²) in [4.78, 5) is 13.6. The average molecular weight is 251 g/mol. The van der Waals surface area contributed by atoms with Gasteiger partial charge in [-0.3, -0.25) is 9.69 Å². The normalized spacial score (nSPS) is 10.7. The summed E-state index contributed by atoms with van der Waals surface area (Å²) < 4.78 is 4.95. The number of nitrogens with zero attached hydrogens (tertiary/aromatic N) is 1. The van der Waals surface area contributed by atoms with Crippen molar-refractivity contribution in [2.75, 3.05) is 39.2 Å². The van der Waals surface area contributed by atoms with Crippen LogP contribution in [0.5, 0.6) is 0 Å². The van der Waals surface area contributed by atoms with Crippen LogP contribution in [0.3, 0.4) is 0 Å². The van der Waals surface area contributed by atoms with Crippen molar-refractivity contribution in [3.8, 4) is 0 Å². The standard InChI is InChI=1S/C13H21N3O2/c1-16(7-8-18-2)10-13(17)15-12-5-3-11(9-14)4-6-12/h3-6H,7-10,14H2,1-2H3,(H,15,17). The fourth-order valence-corrected chi connectivity index (χ4v) is 1.50. The molecule has 0 aliphatic heterocycles. The Morgan fingerprint density at radius 2 is 2.06 bits per heavy atom.